The second-order valence-electron chi connectivity index (χ2n) is 7.15. The van der Waals surface area contributed by atoms with Gasteiger partial charge >= 0.3 is 5.97 Å². The SMILES string of the molecule is O=C(Cc1csc(-c2ccc(Cl)cc2)n1)N1C[C@@H]2CCC[C@@]2(C(=O)O)C1. The van der Waals surface area contributed by atoms with Crippen LogP contribution < -0.4 is 0 Å². The van der Waals surface area contributed by atoms with Crippen molar-refractivity contribution in [2.75, 3.05) is 13.1 Å². The molecule has 1 saturated carbocycles. The molecule has 2 aromatic rings. The molecule has 2 atom stereocenters. The lowest BCUT2D eigenvalue weighted by molar-refractivity contribution is -0.149. The number of aromatic nitrogens is 1. The van der Waals surface area contributed by atoms with Crippen molar-refractivity contribution in [1.29, 1.82) is 0 Å². The van der Waals surface area contributed by atoms with Crippen LogP contribution in [0.25, 0.3) is 10.6 Å². The van der Waals surface area contributed by atoms with Gasteiger partial charge in [-0.25, -0.2) is 4.98 Å². The number of carboxylic acids is 1. The van der Waals surface area contributed by atoms with E-state index in [0.29, 0.717) is 24.5 Å². The maximum atomic E-state index is 12.7. The molecular formula is C19H19ClN2O3S. The molecule has 2 fully saturated rings. The van der Waals surface area contributed by atoms with Gasteiger partial charge in [0.2, 0.25) is 5.91 Å². The molecule has 26 heavy (non-hydrogen) atoms. The summed E-state index contributed by atoms with van der Waals surface area (Å²) in [7, 11) is 0. The van der Waals surface area contributed by atoms with Crippen molar-refractivity contribution < 1.29 is 14.7 Å². The van der Waals surface area contributed by atoms with Crippen LogP contribution >= 0.6 is 22.9 Å². The number of fused-ring (bicyclic) bond motifs is 1. The third kappa shape index (κ3) is 3.01. The van der Waals surface area contributed by atoms with Crippen molar-refractivity contribution in [2.45, 2.75) is 25.7 Å². The topological polar surface area (TPSA) is 70.5 Å². The summed E-state index contributed by atoms with van der Waals surface area (Å²) in [6.45, 7) is 0.888. The first-order chi connectivity index (χ1) is 12.5. The summed E-state index contributed by atoms with van der Waals surface area (Å²) in [6.07, 6.45) is 2.73. The van der Waals surface area contributed by atoms with E-state index in [2.05, 4.69) is 4.98 Å². The number of carbonyl (C=O) groups is 2. The van der Waals surface area contributed by atoms with Gasteiger partial charge in [0.05, 0.1) is 17.5 Å². The molecule has 0 bridgehead atoms. The second kappa shape index (κ2) is 6.67. The molecule has 1 aromatic heterocycles. The quantitative estimate of drug-likeness (QED) is 0.863. The van der Waals surface area contributed by atoms with Crippen molar-refractivity contribution in [3.63, 3.8) is 0 Å². The normalized spacial score (nSPS) is 24.7. The number of nitrogens with zero attached hydrogens (tertiary/aromatic N) is 2. The third-order valence-corrected chi connectivity index (χ3v) is 6.82. The Hall–Kier alpha value is -1.92. The van der Waals surface area contributed by atoms with Gasteiger partial charge in [-0.15, -0.1) is 11.3 Å². The minimum atomic E-state index is -0.756. The Labute approximate surface area is 160 Å². The number of carbonyl (C=O) groups excluding carboxylic acids is 1. The maximum absolute atomic E-state index is 12.7. The van der Waals surface area contributed by atoms with Crippen LogP contribution in [0, 0.1) is 11.3 Å². The van der Waals surface area contributed by atoms with Gasteiger partial charge in [0.25, 0.3) is 0 Å². The first-order valence-corrected chi connectivity index (χ1v) is 9.95. The maximum Gasteiger partial charge on any atom is 0.311 e. The Bertz CT molecular complexity index is 851. The van der Waals surface area contributed by atoms with Gasteiger partial charge in [-0.3, -0.25) is 9.59 Å². The molecular weight excluding hydrogens is 372 g/mol. The van der Waals surface area contributed by atoms with E-state index in [1.165, 1.54) is 11.3 Å². The zero-order valence-electron chi connectivity index (χ0n) is 14.2. The molecule has 0 unspecified atom stereocenters. The van der Waals surface area contributed by atoms with Crippen LogP contribution in [0.4, 0.5) is 0 Å². The lowest BCUT2D eigenvalue weighted by Gasteiger charge is -2.23. The number of carboxylic acid groups (broad SMARTS) is 1. The fraction of sp³-hybridized carbons (Fsp3) is 0.421. The third-order valence-electron chi connectivity index (χ3n) is 5.62. The first-order valence-electron chi connectivity index (χ1n) is 8.69. The fourth-order valence-electron chi connectivity index (χ4n) is 4.21. The van der Waals surface area contributed by atoms with Gasteiger partial charge in [-0.2, -0.15) is 0 Å². The summed E-state index contributed by atoms with van der Waals surface area (Å²) in [6, 6.07) is 7.45. The fourth-order valence-corrected chi connectivity index (χ4v) is 5.16. The van der Waals surface area contributed by atoms with Crippen LogP contribution in [0.5, 0.6) is 0 Å². The Kier molecular flexibility index (Phi) is 4.49. The second-order valence-corrected chi connectivity index (χ2v) is 8.45. The van der Waals surface area contributed by atoms with Gasteiger partial charge in [0, 0.05) is 29.1 Å². The van der Waals surface area contributed by atoms with Gasteiger partial charge in [-0.1, -0.05) is 30.2 Å². The molecule has 1 amide bonds. The highest BCUT2D eigenvalue weighted by Gasteiger charge is 2.55. The molecule has 1 aromatic carbocycles. The molecule has 0 spiro atoms. The number of thiazole rings is 1. The Morgan fingerprint density at radius 3 is 2.81 bits per heavy atom. The van der Waals surface area contributed by atoms with Crippen molar-refractivity contribution in [3.8, 4) is 10.6 Å². The Balaban J connectivity index is 1.45. The predicted octanol–water partition coefficient (Wildman–Crippen LogP) is 3.72. The molecule has 0 radical (unpaired) electrons. The van der Waals surface area contributed by atoms with Crippen molar-refractivity contribution in [3.05, 3.63) is 40.4 Å². The van der Waals surface area contributed by atoms with Crippen LogP contribution in [0.1, 0.15) is 25.0 Å². The number of aliphatic carboxylic acids is 1. The van der Waals surface area contributed by atoms with Crippen LogP contribution in [-0.4, -0.2) is 40.0 Å². The largest absolute Gasteiger partial charge is 0.481 e. The summed E-state index contributed by atoms with van der Waals surface area (Å²) in [5.41, 5.74) is 0.969. The lowest BCUT2D eigenvalue weighted by atomic mass is 9.81. The van der Waals surface area contributed by atoms with Crippen molar-refractivity contribution in [2.24, 2.45) is 11.3 Å². The number of likely N-dealkylation sites (tertiary alicyclic amines) is 1. The summed E-state index contributed by atoms with van der Waals surface area (Å²) < 4.78 is 0. The van der Waals surface area contributed by atoms with Gasteiger partial charge in [0.15, 0.2) is 0 Å². The predicted molar refractivity (Wildman–Crippen MR) is 100 cm³/mol. The number of rotatable bonds is 4. The van der Waals surface area contributed by atoms with E-state index in [-0.39, 0.29) is 18.2 Å². The zero-order chi connectivity index (χ0) is 18.3. The molecule has 136 valence electrons. The summed E-state index contributed by atoms with van der Waals surface area (Å²) in [4.78, 5) is 30.7. The van der Waals surface area contributed by atoms with E-state index in [1.807, 2.05) is 29.6 Å². The highest BCUT2D eigenvalue weighted by Crippen LogP contribution is 2.49. The molecule has 1 aliphatic carbocycles. The summed E-state index contributed by atoms with van der Waals surface area (Å²) in [5, 5.41) is 13.1. The van der Waals surface area contributed by atoms with E-state index < -0.39 is 11.4 Å². The Morgan fingerprint density at radius 2 is 2.12 bits per heavy atom. The van der Waals surface area contributed by atoms with E-state index in [0.717, 1.165) is 29.1 Å². The minimum absolute atomic E-state index is 0.0343. The van der Waals surface area contributed by atoms with Crippen molar-refractivity contribution >= 4 is 34.8 Å². The Morgan fingerprint density at radius 1 is 1.35 bits per heavy atom. The van der Waals surface area contributed by atoms with Gasteiger partial charge in [0.1, 0.15) is 5.01 Å². The van der Waals surface area contributed by atoms with Crippen LogP contribution in [0.2, 0.25) is 5.02 Å². The smallest absolute Gasteiger partial charge is 0.311 e. The van der Waals surface area contributed by atoms with Crippen LogP contribution in [-0.2, 0) is 16.0 Å². The number of benzene rings is 1. The standard InChI is InChI=1S/C19H19ClN2O3S/c20-14-5-3-12(4-6-14)17-21-15(10-26-17)8-16(23)22-9-13-2-1-7-19(13,11-22)18(24)25/h3-6,10,13H,1-2,7-9,11H2,(H,24,25)/t13-,19+/m0/s1. The number of amides is 1. The average Bonchev–Trinajstić information content (AvgIpc) is 3.29. The molecule has 7 heteroatoms. The molecule has 4 rings (SSSR count). The van der Waals surface area contributed by atoms with E-state index >= 15 is 0 Å². The van der Waals surface area contributed by atoms with Crippen LogP contribution in [0.15, 0.2) is 29.6 Å². The zero-order valence-corrected chi connectivity index (χ0v) is 15.7. The molecule has 2 aliphatic rings. The van der Waals surface area contributed by atoms with E-state index in [1.54, 1.807) is 4.90 Å². The van der Waals surface area contributed by atoms with Gasteiger partial charge < -0.3 is 10.0 Å². The van der Waals surface area contributed by atoms with E-state index in [4.69, 9.17) is 11.6 Å². The average molecular weight is 391 g/mol. The lowest BCUT2D eigenvalue weighted by Crippen LogP contribution is -2.37. The monoisotopic (exact) mass is 390 g/mol. The number of hydrogen-bond acceptors (Lipinski definition) is 4. The molecule has 1 aliphatic heterocycles. The van der Waals surface area contributed by atoms with Gasteiger partial charge in [-0.05, 0) is 30.9 Å². The summed E-state index contributed by atoms with van der Waals surface area (Å²) in [5.74, 6) is -0.703. The molecule has 2 heterocycles. The summed E-state index contributed by atoms with van der Waals surface area (Å²) >= 11 is 7.41. The molecule has 5 nitrogen and oxygen atoms in total. The first kappa shape index (κ1) is 17.5. The van der Waals surface area contributed by atoms with Crippen LogP contribution in [0.3, 0.4) is 0 Å². The number of hydrogen-bond donors (Lipinski definition) is 1. The molecule has 1 saturated heterocycles. The van der Waals surface area contributed by atoms with E-state index in [9.17, 15) is 14.7 Å². The minimum Gasteiger partial charge on any atom is -0.481 e. The molecule has 1 N–H and O–H groups in total. The number of halogens is 1. The van der Waals surface area contributed by atoms with Crippen molar-refractivity contribution in [1.82, 2.24) is 9.88 Å². The highest BCUT2D eigenvalue weighted by molar-refractivity contribution is 7.13. The highest BCUT2D eigenvalue weighted by atomic mass is 35.5.